The molecule has 0 atom stereocenters. The van der Waals surface area contributed by atoms with E-state index >= 15 is 0 Å². The molecule has 0 unspecified atom stereocenters. The van der Waals surface area contributed by atoms with Gasteiger partial charge in [-0.05, 0) is 38.0 Å². The van der Waals surface area contributed by atoms with Crippen molar-refractivity contribution in [2.24, 2.45) is 4.99 Å². The van der Waals surface area contributed by atoms with Crippen LogP contribution in [0.25, 0.3) is 12.2 Å². The molecule has 0 bridgehead atoms. The third-order valence-electron chi connectivity index (χ3n) is 4.04. The van der Waals surface area contributed by atoms with Crippen molar-refractivity contribution in [3.05, 3.63) is 54.8 Å². The summed E-state index contributed by atoms with van der Waals surface area (Å²) in [5, 5.41) is 12.2. The zero-order valence-corrected chi connectivity index (χ0v) is 12.7. The molecule has 0 aromatic heterocycles. The largest absolute Gasteiger partial charge is 0.507 e. The second-order valence-corrected chi connectivity index (χ2v) is 5.47. The van der Waals surface area contributed by atoms with E-state index < -0.39 is 5.91 Å². The van der Waals surface area contributed by atoms with Crippen LogP contribution in [0.15, 0.2) is 21.9 Å². The van der Waals surface area contributed by atoms with E-state index in [0.717, 1.165) is 5.56 Å². The Balaban J connectivity index is 2.81. The Morgan fingerprint density at radius 2 is 2.00 bits per heavy atom. The van der Waals surface area contributed by atoms with Gasteiger partial charge >= 0.3 is 0 Å². The monoisotopic (exact) mass is 296 g/mol. The molecule has 0 aromatic rings. The van der Waals surface area contributed by atoms with Gasteiger partial charge in [-0.15, -0.1) is 0 Å². The minimum Gasteiger partial charge on any atom is -0.507 e. The summed E-state index contributed by atoms with van der Waals surface area (Å²) in [6.45, 7) is 9.89. The van der Waals surface area contributed by atoms with Gasteiger partial charge in [-0.3, -0.25) is 9.59 Å². The summed E-state index contributed by atoms with van der Waals surface area (Å²) in [5.74, 6) is -0.485. The molecule has 2 aliphatic heterocycles. The molecule has 3 aliphatic rings. The van der Waals surface area contributed by atoms with Gasteiger partial charge in [0.2, 0.25) is 5.43 Å². The summed E-state index contributed by atoms with van der Waals surface area (Å²) in [6, 6.07) is 1.83. The third kappa shape index (κ3) is 1.75. The van der Waals surface area contributed by atoms with Gasteiger partial charge in [-0.1, -0.05) is 6.58 Å². The normalized spacial score (nSPS) is 13.8. The van der Waals surface area contributed by atoms with E-state index in [2.05, 4.69) is 11.6 Å². The van der Waals surface area contributed by atoms with Gasteiger partial charge < -0.3 is 9.67 Å². The SMILES string of the molecule is C=c1cc(C)c2c(O)c3c(c(=O)c=2n1CC)=NC(=O)C=C3C. The van der Waals surface area contributed by atoms with Crippen LogP contribution in [-0.2, 0) is 11.3 Å². The summed E-state index contributed by atoms with van der Waals surface area (Å²) in [7, 11) is 0. The Labute approximate surface area is 126 Å². The van der Waals surface area contributed by atoms with Crippen molar-refractivity contribution >= 4 is 18.1 Å². The molecule has 0 saturated heterocycles. The lowest BCUT2D eigenvalue weighted by Crippen LogP contribution is -2.37. The fraction of sp³-hybridized carbons (Fsp3) is 0.235. The van der Waals surface area contributed by atoms with Crippen LogP contribution in [0, 0.1) is 17.5 Å². The quantitative estimate of drug-likeness (QED) is 0.837. The minimum absolute atomic E-state index is 0.00528. The Hall–Kier alpha value is -2.69. The molecule has 112 valence electrons. The van der Waals surface area contributed by atoms with Gasteiger partial charge in [-0.25, -0.2) is 4.99 Å². The van der Waals surface area contributed by atoms with Crippen LogP contribution in [0.4, 0.5) is 0 Å². The number of carbonyl (C=O) groups excluding carboxylic acids is 1. The summed E-state index contributed by atoms with van der Waals surface area (Å²) in [6.07, 6.45) is 1.33. The fourth-order valence-electron chi connectivity index (χ4n) is 3.10. The number of aryl methyl sites for hydroxylation is 1. The second-order valence-electron chi connectivity index (χ2n) is 5.47. The van der Waals surface area contributed by atoms with Crippen LogP contribution < -0.4 is 16.1 Å². The molecule has 2 heterocycles. The Morgan fingerprint density at radius 1 is 1.32 bits per heavy atom. The highest BCUT2D eigenvalue weighted by Crippen LogP contribution is 2.25. The van der Waals surface area contributed by atoms with Crippen LogP contribution in [0.2, 0.25) is 0 Å². The van der Waals surface area contributed by atoms with E-state index in [1.807, 2.05) is 19.9 Å². The lowest BCUT2D eigenvalue weighted by Gasteiger charge is -2.14. The van der Waals surface area contributed by atoms with E-state index in [0.29, 0.717) is 33.6 Å². The molecule has 1 N–H and O–H groups in total. The maximum Gasteiger partial charge on any atom is 0.270 e. The molecule has 3 rings (SSSR count). The first kappa shape index (κ1) is 14.3. The molecule has 0 radical (unpaired) electrons. The fourth-order valence-corrected chi connectivity index (χ4v) is 3.10. The predicted molar refractivity (Wildman–Crippen MR) is 83.0 cm³/mol. The molecule has 5 heteroatoms. The molecule has 0 spiro atoms. The first-order chi connectivity index (χ1) is 10.4. The number of carbonyl (C=O) groups is 1. The molecule has 0 fully saturated rings. The summed E-state index contributed by atoms with van der Waals surface area (Å²) in [4.78, 5) is 28.3. The Morgan fingerprint density at radius 3 is 2.64 bits per heavy atom. The van der Waals surface area contributed by atoms with Crippen LogP contribution in [0.3, 0.4) is 0 Å². The third-order valence-corrected chi connectivity index (χ3v) is 4.04. The second kappa shape index (κ2) is 4.66. The van der Waals surface area contributed by atoms with E-state index in [4.69, 9.17) is 0 Å². The lowest BCUT2D eigenvalue weighted by atomic mass is 9.98. The summed E-state index contributed by atoms with van der Waals surface area (Å²) >= 11 is 0. The summed E-state index contributed by atoms with van der Waals surface area (Å²) < 4.78 is 1.73. The van der Waals surface area contributed by atoms with Crippen molar-refractivity contribution in [2.75, 3.05) is 0 Å². The zero-order chi connectivity index (χ0) is 16.2. The van der Waals surface area contributed by atoms with Crippen LogP contribution in [-0.4, -0.2) is 15.6 Å². The molecule has 1 aliphatic carbocycles. The average Bonchev–Trinajstić information content (AvgIpc) is 2.43. The Bertz CT molecular complexity index is 1090. The first-order valence-electron chi connectivity index (χ1n) is 7.06. The predicted octanol–water partition coefficient (Wildman–Crippen LogP) is 0.580. The van der Waals surface area contributed by atoms with Gasteiger partial charge in [0.1, 0.15) is 16.5 Å². The van der Waals surface area contributed by atoms with Crippen molar-refractivity contribution in [2.45, 2.75) is 27.3 Å². The minimum atomic E-state index is -0.480. The standard InChI is InChI=1S/C17H16N2O3/c1-5-19-10(4)6-8(2)13-15(19)17(22)14-12(16(13)21)9(3)7-11(20)18-14/h6-7,21H,4-5H2,1-3H3. The van der Waals surface area contributed by atoms with E-state index in [-0.39, 0.29) is 16.5 Å². The molecule has 0 saturated carbocycles. The maximum atomic E-state index is 12.9. The van der Waals surface area contributed by atoms with Crippen molar-refractivity contribution in [1.29, 1.82) is 0 Å². The van der Waals surface area contributed by atoms with E-state index in [9.17, 15) is 14.7 Å². The number of aromatic hydroxyl groups is 1. The molecular formula is C17H16N2O3. The molecule has 1 amide bonds. The topological polar surface area (TPSA) is 71.7 Å². The van der Waals surface area contributed by atoms with Gasteiger partial charge in [-0.2, -0.15) is 0 Å². The van der Waals surface area contributed by atoms with Gasteiger partial charge in [0, 0.05) is 23.2 Å². The van der Waals surface area contributed by atoms with Gasteiger partial charge in [0.15, 0.2) is 0 Å². The Kier molecular flexibility index (Phi) is 3.02. The number of nitrogens with zero attached hydrogens (tertiary/aromatic N) is 2. The highest BCUT2D eigenvalue weighted by Gasteiger charge is 2.20. The summed E-state index contributed by atoms with van der Waals surface area (Å²) in [5.41, 5.74) is 1.32. The van der Waals surface area contributed by atoms with Crippen molar-refractivity contribution < 1.29 is 9.90 Å². The first-order valence-corrected chi connectivity index (χ1v) is 7.06. The van der Waals surface area contributed by atoms with E-state index in [1.54, 1.807) is 11.5 Å². The van der Waals surface area contributed by atoms with Crippen molar-refractivity contribution in [1.82, 2.24) is 4.57 Å². The van der Waals surface area contributed by atoms with Crippen molar-refractivity contribution in [3.63, 3.8) is 0 Å². The van der Waals surface area contributed by atoms with Crippen LogP contribution >= 0.6 is 0 Å². The molecule has 22 heavy (non-hydrogen) atoms. The van der Waals surface area contributed by atoms with Crippen molar-refractivity contribution in [3.8, 4) is 5.75 Å². The highest BCUT2D eigenvalue weighted by molar-refractivity contribution is 5.98. The number of amides is 1. The zero-order valence-electron chi connectivity index (χ0n) is 12.7. The maximum absolute atomic E-state index is 12.9. The number of fused-ring (bicyclic) bond motifs is 1. The van der Waals surface area contributed by atoms with E-state index in [1.165, 1.54) is 6.08 Å². The van der Waals surface area contributed by atoms with Crippen LogP contribution in [0.1, 0.15) is 25.0 Å². The lowest BCUT2D eigenvalue weighted by molar-refractivity contribution is -0.113. The number of hydrogen-bond acceptors (Lipinski definition) is 3. The highest BCUT2D eigenvalue weighted by atomic mass is 16.3. The number of allylic oxidation sites excluding steroid dienone is 1. The number of hydrogen-bond donors (Lipinski definition) is 1. The smallest absolute Gasteiger partial charge is 0.270 e. The van der Waals surface area contributed by atoms with Crippen LogP contribution in [0.5, 0.6) is 5.75 Å². The van der Waals surface area contributed by atoms with Gasteiger partial charge in [0.05, 0.1) is 5.56 Å². The number of rotatable bonds is 1. The number of aromatic nitrogens is 1. The molecule has 5 nitrogen and oxygen atoms in total. The molecular weight excluding hydrogens is 280 g/mol. The van der Waals surface area contributed by atoms with Gasteiger partial charge in [0.25, 0.3) is 5.91 Å². The molecule has 0 aromatic carbocycles. The average molecular weight is 296 g/mol.